The van der Waals surface area contributed by atoms with Crippen LogP contribution < -0.4 is 5.32 Å². The number of pyridine rings is 1. The molecule has 1 N–H and O–H groups in total. The van der Waals surface area contributed by atoms with Crippen LogP contribution in [-0.4, -0.2) is 80.6 Å². The van der Waals surface area contributed by atoms with Gasteiger partial charge in [-0.2, -0.15) is 4.98 Å². The summed E-state index contributed by atoms with van der Waals surface area (Å²) in [6.07, 6.45) is 12.9. The zero-order valence-electron chi connectivity index (χ0n) is 22.0. The van der Waals surface area contributed by atoms with Gasteiger partial charge >= 0.3 is 0 Å². The number of hydrogen-bond acceptors (Lipinski definition) is 7. The highest BCUT2D eigenvalue weighted by Crippen LogP contribution is 2.35. The molecule has 0 radical (unpaired) electrons. The van der Waals surface area contributed by atoms with Crippen molar-refractivity contribution < 1.29 is 9.59 Å². The summed E-state index contributed by atoms with van der Waals surface area (Å²) in [5.74, 6) is 1.49. The van der Waals surface area contributed by atoms with Gasteiger partial charge in [0.1, 0.15) is 17.2 Å². The topological polar surface area (TPSA) is 109 Å². The number of anilines is 2. The third kappa shape index (κ3) is 4.63. The fourth-order valence-corrected chi connectivity index (χ4v) is 6.05. The van der Waals surface area contributed by atoms with Gasteiger partial charge < -0.3 is 19.7 Å². The van der Waals surface area contributed by atoms with Crippen LogP contribution >= 0.6 is 0 Å². The van der Waals surface area contributed by atoms with Crippen LogP contribution in [0.25, 0.3) is 11.0 Å². The maximum Gasteiger partial charge on any atom is 0.270 e. The average Bonchev–Trinajstić information content (AvgIpc) is 3.65. The van der Waals surface area contributed by atoms with E-state index in [4.69, 9.17) is 4.98 Å². The monoisotopic (exact) mass is 514 g/mol. The SMILES string of the molecule is CN(C)C(=O)c1cc2cnc(Nc3ccc(C(=O)N4CCC[C@@H]5CC=N[C@@H]5C4)cn3)nc2n1C1CCCC1. The molecule has 1 saturated carbocycles. The first kappa shape index (κ1) is 24.5. The molecule has 1 saturated heterocycles. The lowest BCUT2D eigenvalue weighted by atomic mass is 9.96. The molecule has 0 spiro atoms. The molecule has 0 unspecified atom stereocenters. The number of nitrogens with zero attached hydrogens (tertiary/aromatic N) is 7. The Kier molecular flexibility index (Phi) is 6.55. The van der Waals surface area contributed by atoms with Crippen LogP contribution in [0.2, 0.25) is 0 Å². The summed E-state index contributed by atoms with van der Waals surface area (Å²) in [4.78, 5) is 48.0. The van der Waals surface area contributed by atoms with Crippen molar-refractivity contribution in [3.8, 4) is 0 Å². The molecule has 6 rings (SSSR count). The van der Waals surface area contributed by atoms with Gasteiger partial charge in [0.25, 0.3) is 11.8 Å². The molecule has 3 aromatic rings. The minimum atomic E-state index is -0.0361. The molecule has 3 aromatic heterocycles. The first-order chi connectivity index (χ1) is 18.5. The van der Waals surface area contributed by atoms with Crippen LogP contribution in [0.1, 0.15) is 71.8 Å². The van der Waals surface area contributed by atoms with Crippen molar-refractivity contribution in [3.05, 3.63) is 41.9 Å². The number of nitrogens with one attached hydrogen (secondary N) is 1. The van der Waals surface area contributed by atoms with Crippen LogP contribution in [0.5, 0.6) is 0 Å². The molecule has 10 heteroatoms. The van der Waals surface area contributed by atoms with Gasteiger partial charge in [-0.25, -0.2) is 9.97 Å². The van der Waals surface area contributed by atoms with E-state index < -0.39 is 0 Å². The number of amides is 2. The maximum atomic E-state index is 13.2. The van der Waals surface area contributed by atoms with Crippen LogP contribution in [0.15, 0.2) is 35.6 Å². The van der Waals surface area contributed by atoms with Gasteiger partial charge in [0, 0.05) is 51.0 Å². The molecule has 2 amide bonds. The van der Waals surface area contributed by atoms with Crippen LogP contribution in [0.4, 0.5) is 11.8 Å². The molecule has 3 aliphatic rings. The lowest BCUT2D eigenvalue weighted by Crippen LogP contribution is -2.36. The fraction of sp³-hybridized carbons (Fsp3) is 0.500. The Bertz CT molecular complexity index is 1370. The average molecular weight is 515 g/mol. The predicted octanol–water partition coefficient (Wildman–Crippen LogP) is 4.08. The Morgan fingerprint density at radius 1 is 1.05 bits per heavy atom. The number of likely N-dealkylation sites (tertiary alicyclic amines) is 1. The van der Waals surface area contributed by atoms with Crippen LogP contribution in [0.3, 0.4) is 0 Å². The molecule has 38 heavy (non-hydrogen) atoms. The smallest absolute Gasteiger partial charge is 0.270 e. The van der Waals surface area contributed by atoms with Gasteiger partial charge in [-0.3, -0.25) is 14.6 Å². The number of rotatable bonds is 5. The van der Waals surface area contributed by atoms with Crippen molar-refractivity contribution >= 4 is 40.8 Å². The lowest BCUT2D eigenvalue weighted by molar-refractivity contribution is 0.0752. The summed E-state index contributed by atoms with van der Waals surface area (Å²) < 4.78 is 2.09. The molecule has 0 bridgehead atoms. The van der Waals surface area contributed by atoms with E-state index in [9.17, 15) is 9.59 Å². The standard InChI is InChI=1S/C28H34N8O2/c1-34(2)27(38)23-14-20-16-31-28(33-25(20)36(23)21-7-3-4-8-21)32-24-10-9-19(15-30-24)26(37)35-13-5-6-18-11-12-29-22(18)17-35/h9-10,12,14-16,18,21-22H,3-8,11,13,17H2,1-2H3,(H,30,31,32,33)/t18-,22-/m1/s1. The first-order valence-corrected chi connectivity index (χ1v) is 13.6. The summed E-state index contributed by atoms with van der Waals surface area (Å²) in [6.45, 7) is 1.43. The second kappa shape index (κ2) is 10.2. The van der Waals surface area contributed by atoms with E-state index in [0.29, 0.717) is 35.5 Å². The van der Waals surface area contributed by atoms with Crippen molar-refractivity contribution in [1.82, 2.24) is 29.3 Å². The van der Waals surface area contributed by atoms with Gasteiger partial charge in [0.2, 0.25) is 5.95 Å². The lowest BCUT2D eigenvalue weighted by Gasteiger charge is -2.23. The van der Waals surface area contributed by atoms with Gasteiger partial charge in [0.05, 0.1) is 11.6 Å². The van der Waals surface area contributed by atoms with E-state index in [1.165, 1.54) is 0 Å². The molecule has 0 aromatic carbocycles. The fourth-order valence-electron chi connectivity index (χ4n) is 6.05. The number of carbonyl (C=O) groups excluding carboxylic acids is 2. The van der Waals surface area contributed by atoms with Crippen molar-refractivity contribution in [2.45, 2.75) is 57.0 Å². The second-order valence-electron chi connectivity index (χ2n) is 10.9. The third-order valence-corrected chi connectivity index (χ3v) is 8.09. The van der Waals surface area contributed by atoms with Crippen molar-refractivity contribution in [1.29, 1.82) is 0 Å². The summed E-state index contributed by atoms with van der Waals surface area (Å²) in [5.41, 5.74) is 1.96. The van der Waals surface area contributed by atoms with E-state index in [-0.39, 0.29) is 23.9 Å². The van der Waals surface area contributed by atoms with E-state index in [1.54, 1.807) is 43.5 Å². The number of carbonyl (C=O) groups is 2. The Labute approximate surface area is 222 Å². The Morgan fingerprint density at radius 3 is 2.66 bits per heavy atom. The predicted molar refractivity (Wildman–Crippen MR) is 146 cm³/mol. The number of hydrogen-bond donors (Lipinski definition) is 1. The van der Waals surface area contributed by atoms with Gasteiger partial charge in [-0.15, -0.1) is 0 Å². The number of aromatic nitrogens is 4. The minimum absolute atomic E-state index is 0.00282. The van der Waals surface area contributed by atoms with Gasteiger partial charge in [-0.05, 0) is 62.4 Å². The molecule has 198 valence electrons. The summed E-state index contributed by atoms with van der Waals surface area (Å²) in [5, 5.41) is 4.02. The quantitative estimate of drug-likeness (QED) is 0.550. The van der Waals surface area contributed by atoms with Crippen LogP contribution in [-0.2, 0) is 0 Å². The van der Waals surface area contributed by atoms with Crippen molar-refractivity contribution in [2.75, 3.05) is 32.5 Å². The molecule has 1 aliphatic carbocycles. The van der Waals surface area contributed by atoms with Crippen molar-refractivity contribution in [3.63, 3.8) is 0 Å². The number of aliphatic imine (C=N–C) groups is 1. The third-order valence-electron chi connectivity index (χ3n) is 8.09. The van der Waals surface area contributed by atoms with Gasteiger partial charge in [-0.1, -0.05) is 12.8 Å². The van der Waals surface area contributed by atoms with Crippen molar-refractivity contribution in [2.24, 2.45) is 10.9 Å². The highest BCUT2D eigenvalue weighted by molar-refractivity contribution is 5.98. The van der Waals surface area contributed by atoms with Crippen LogP contribution in [0, 0.1) is 5.92 Å². The normalized spacial score (nSPS) is 21.5. The summed E-state index contributed by atoms with van der Waals surface area (Å²) in [7, 11) is 3.54. The molecule has 2 fully saturated rings. The summed E-state index contributed by atoms with van der Waals surface area (Å²) >= 11 is 0. The molecule has 2 aliphatic heterocycles. The Hall–Kier alpha value is -3.82. The zero-order valence-corrected chi connectivity index (χ0v) is 22.0. The Morgan fingerprint density at radius 2 is 1.89 bits per heavy atom. The summed E-state index contributed by atoms with van der Waals surface area (Å²) in [6, 6.07) is 5.94. The highest BCUT2D eigenvalue weighted by Gasteiger charge is 2.31. The molecule has 2 atom stereocenters. The maximum absolute atomic E-state index is 13.2. The minimum Gasteiger partial charge on any atom is -0.343 e. The molecule has 10 nitrogen and oxygen atoms in total. The molecular formula is C28H34N8O2. The number of fused-ring (bicyclic) bond motifs is 2. The van der Waals surface area contributed by atoms with E-state index in [1.807, 2.05) is 17.2 Å². The molecule has 5 heterocycles. The van der Waals surface area contributed by atoms with E-state index in [2.05, 4.69) is 24.8 Å². The Balaban J connectivity index is 1.21. The molecular weight excluding hydrogens is 480 g/mol. The second-order valence-corrected chi connectivity index (χ2v) is 10.9. The van der Waals surface area contributed by atoms with E-state index in [0.717, 1.165) is 62.5 Å². The van der Waals surface area contributed by atoms with E-state index >= 15 is 0 Å². The van der Waals surface area contributed by atoms with Gasteiger partial charge in [0.15, 0.2) is 0 Å². The highest BCUT2D eigenvalue weighted by atomic mass is 16.2. The first-order valence-electron chi connectivity index (χ1n) is 13.6. The largest absolute Gasteiger partial charge is 0.343 e. The zero-order chi connectivity index (χ0) is 26.2.